The number of aromatic nitrogens is 6. The second-order valence-corrected chi connectivity index (χ2v) is 11.2. The molecule has 5 heterocycles. The van der Waals surface area contributed by atoms with Crippen molar-refractivity contribution >= 4 is 71.1 Å². The normalized spacial score (nSPS) is 11.7. The molecule has 0 amide bonds. The molecule has 0 spiro atoms. The van der Waals surface area contributed by atoms with Crippen molar-refractivity contribution in [2.24, 2.45) is 4.99 Å². The second kappa shape index (κ2) is 12.3. The van der Waals surface area contributed by atoms with E-state index in [1.807, 2.05) is 72.9 Å². The molecule has 0 N–H and O–H groups in total. The summed E-state index contributed by atoms with van der Waals surface area (Å²) in [5.41, 5.74) is 6.91. The van der Waals surface area contributed by atoms with E-state index in [-0.39, 0.29) is 19.5 Å². The van der Waals surface area contributed by atoms with E-state index in [0.29, 0.717) is 11.3 Å². The first-order valence-electron chi connectivity index (χ1n) is 15.4. The SMILES string of the molecule is [Zn+2].c1ccc(-n2c3cccnc3c3c4c(ccc5nc[n-]c54)ccc32)cc1.c1ccc2c(N=c3[n-]ccc4ccccc34)nccc2c1. The van der Waals surface area contributed by atoms with Crippen molar-refractivity contribution in [3.05, 3.63) is 158 Å². The topological polar surface area (TPSA) is 84.2 Å². The number of nitrogens with zero attached hydrogens (tertiary/aromatic N) is 7. The van der Waals surface area contributed by atoms with Gasteiger partial charge < -0.3 is 24.5 Å². The van der Waals surface area contributed by atoms with Crippen molar-refractivity contribution in [3.63, 3.8) is 0 Å². The predicted molar refractivity (Wildman–Crippen MR) is 189 cm³/mol. The van der Waals surface area contributed by atoms with Crippen LogP contribution in [-0.4, -0.2) is 19.5 Å². The van der Waals surface area contributed by atoms with Crippen LogP contribution in [0.15, 0.2) is 157 Å². The second-order valence-electron chi connectivity index (χ2n) is 11.2. The molecule has 222 valence electrons. The number of hydrogen-bond acceptors (Lipinski definition) is 4. The Kier molecular flexibility index (Phi) is 7.56. The number of pyridine rings is 3. The van der Waals surface area contributed by atoms with Crippen molar-refractivity contribution in [3.8, 4) is 5.69 Å². The third kappa shape index (κ3) is 4.94. The standard InChI is InChI=1S/C22H13N4.C18H12N3.Zn/c1-2-5-15(6-3-1)26-17-11-9-14-8-10-16-21(25-13-24-16)19(14)20(17)22-18(26)7-4-12-23-22;1-3-7-15-13(5-1)9-11-19-17(15)21-18-16-8-4-2-6-14(16)10-12-20-18;/h1-13H;1-12H;/q2*-1;+2. The van der Waals surface area contributed by atoms with Crippen molar-refractivity contribution < 1.29 is 19.5 Å². The molecule has 5 aromatic carbocycles. The van der Waals surface area contributed by atoms with E-state index >= 15 is 0 Å². The van der Waals surface area contributed by atoms with Gasteiger partial charge in [-0.3, -0.25) is 9.97 Å². The van der Waals surface area contributed by atoms with Gasteiger partial charge in [0.05, 0.1) is 22.4 Å². The first-order chi connectivity index (χ1) is 23.3. The summed E-state index contributed by atoms with van der Waals surface area (Å²) >= 11 is 0. The molecule has 0 bridgehead atoms. The molecule has 7 nitrogen and oxygen atoms in total. The van der Waals surface area contributed by atoms with E-state index in [1.165, 1.54) is 0 Å². The summed E-state index contributed by atoms with van der Waals surface area (Å²) in [6, 6.07) is 43.2. The van der Waals surface area contributed by atoms with Gasteiger partial charge in [-0.2, -0.15) is 0 Å². The van der Waals surface area contributed by atoms with Gasteiger partial charge in [0.15, 0.2) is 0 Å². The largest absolute Gasteiger partial charge is 2.00 e. The van der Waals surface area contributed by atoms with Crippen LogP contribution in [0.4, 0.5) is 5.82 Å². The third-order valence-corrected chi connectivity index (χ3v) is 8.54. The van der Waals surface area contributed by atoms with Crippen molar-refractivity contribution in [1.29, 1.82) is 0 Å². The van der Waals surface area contributed by atoms with Crippen LogP contribution in [0.1, 0.15) is 0 Å². The fourth-order valence-corrected chi connectivity index (χ4v) is 6.43. The molecule has 48 heavy (non-hydrogen) atoms. The van der Waals surface area contributed by atoms with E-state index in [9.17, 15) is 0 Å². The fraction of sp³-hybridized carbons (Fsp3) is 0. The molecule has 0 aliphatic rings. The Hall–Kier alpha value is -5.98. The van der Waals surface area contributed by atoms with Gasteiger partial charge >= 0.3 is 19.5 Å². The smallest absolute Gasteiger partial charge is 0.443 e. The van der Waals surface area contributed by atoms with E-state index in [0.717, 1.165) is 71.0 Å². The minimum atomic E-state index is 0. The van der Waals surface area contributed by atoms with Crippen LogP contribution in [0.2, 0.25) is 0 Å². The summed E-state index contributed by atoms with van der Waals surface area (Å²) < 4.78 is 2.27. The molecular formula is C40H25N7Zn. The number of rotatable bonds is 2. The molecule has 0 atom stereocenters. The minimum Gasteiger partial charge on any atom is -0.443 e. The van der Waals surface area contributed by atoms with Crippen molar-refractivity contribution in [2.45, 2.75) is 0 Å². The number of hydrogen-bond donors (Lipinski definition) is 0. The summed E-state index contributed by atoms with van der Waals surface area (Å²) in [5, 5.41) is 7.75. The van der Waals surface area contributed by atoms with Crippen molar-refractivity contribution in [2.75, 3.05) is 0 Å². The molecule has 0 saturated heterocycles. The summed E-state index contributed by atoms with van der Waals surface area (Å²) in [6.45, 7) is 0. The molecule has 0 saturated carbocycles. The molecule has 8 heteroatoms. The zero-order valence-electron chi connectivity index (χ0n) is 25.8. The van der Waals surface area contributed by atoms with Crippen LogP contribution < -0.4 is 15.5 Å². The molecular weight excluding hydrogens is 644 g/mol. The number of imidazole rings is 1. The molecule has 0 fully saturated rings. The monoisotopic (exact) mass is 667 g/mol. The van der Waals surface area contributed by atoms with Crippen LogP contribution >= 0.6 is 0 Å². The summed E-state index contributed by atoms with van der Waals surface area (Å²) in [7, 11) is 0. The molecule has 10 aromatic rings. The molecule has 10 rings (SSSR count). The first kappa shape index (κ1) is 29.4. The van der Waals surface area contributed by atoms with Gasteiger partial charge in [-0.15, -0.1) is 0 Å². The number of fused-ring (bicyclic) bond motifs is 9. The number of benzene rings is 5. The van der Waals surface area contributed by atoms with E-state index < -0.39 is 0 Å². The van der Waals surface area contributed by atoms with E-state index in [1.54, 1.807) is 18.7 Å². The maximum Gasteiger partial charge on any atom is 2.00 e. The quantitative estimate of drug-likeness (QED) is 0.173. The Balaban J connectivity index is 0.000000140. The van der Waals surface area contributed by atoms with Crippen LogP contribution in [0.25, 0.3) is 71.0 Å². The third-order valence-electron chi connectivity index (χ3n) is 8.54. The Labute approximate surface area is 287 Å². The minimum absolute atomic E-state index is 0. The van der Waals surface area contributed by atoms with E-state index in [4.69, 9.17) is 4.98 Å². The maximum absolute atomic E-state index is 4.73. The first-order valence-corrected chi connectivity index (χ1v) is 15.4. The van der Waals surface area contributed by atoms with Gasteiger partial charge in [-0.1, -0.05) is 104 Å². The number of para-hydroxylation sites is 1. The molecule has 0 aliphatic carbocycles. The fourth-order valence-electron chi connectivity index (χ4n) is 6.43. The Morgan fingerprint density at radius 3 is 2.19 bits per heavy atom. The molecule has 0 aliphatic heterocycles. The summed E-state index contributed by atoms with van der Waals surface area (Å²) in [5.74, 6) is 0.706. The van der Waals surface area contributed by atoms with Gasteiger partial charge in [0, 0.05) is 28.9 Å². The van der Waals surface area contributed by atoms with Gasteiger partial charge in [0.25, 0.3) is 0 Å². The average Bonchev–Trinajstić information content (AvgIpc) is 3.76. The van der Waals surface area contributed by atoms with Crippen LogP contribution in [-0.2, 0) is 19.5 Å². The van der Waals surface area contributed by atoms with Gasteiger partial charge in [0.2, 0.25) is 0 Å². The van der Waals surface area contributed by atoms with Crippen LogP contribution in [0.5, 0.6) is 0 Å². The predicted octanol–water partition coefficient (Wildman–Crippen LogP) is 8.41. The molecule has 0 radical (unpaired) electrons. The zero-order chi connectivity index (χ0) is 31.2. The van der Waals surface area contributed by atoms with Crippen molar-refractivity contribution in [1.82, 2.24) is 29.5 Å². The molecule has 0 unspecified atom stereocenters. The Morgan fingerprint density at radius 1 is 0.542 bits per heavy atom. The van der Waals surface area contributed by atoms with E-state index in [2.05, 4.69) is 90.2 Å². The van der Waals surface area contributed by atoms with Crippen LogP contribution in [0, 0.1) is 0 Å². The Morgan fingerprint density at radius 2 is 1.31 bits per heavy atom. The Bertz CT molecular complexity index is 2800. The van der Waals surface area contributed by atoms with Crippen LogP contribution in [0.3, 0.4) is 0 Å². The van der Waals surface area contributed by atoms with Gasteiger partial charge in [-0.25, -0.2) is 0 Å². The molecule has 5 aromatic heterocycles. The van der Waals surface area contributed by atoms with Gasteiger partial charge in [-0.05, 0) is 79.9 Å². The average molecular weight is 669 g/mol. The maximum atomic E-state index is 4.73. The zero-order valence-corrected chi connectivity index (χ0v) is 28.7. The summed E-state index contributed by atoms with van der Waals surface area (Å²) in [6.07, 6.45) is 7.05. The van der Waals surface area contributed by atoms with Gasteiger partial charge in [0.1, 0.15) is 0 Å². The summed E-state index contributed by atoms with van der Waals surface area (Å²) in [4.78, 5) is 27.1.